The van der Waals surface area contributed by atoms with Crippen molar-refractivity contribution in [1.29, 1.82) is 0 Å². The summed E-state index contributed by atoms with van der Waals surface area (Å²) in [6.45, 7) is 4.16. The number of carbonyl (C=O) groups excluding carboxylic acids is 2. The molecule has 0 aliphatic rings. The van der Waals surface area contributed by atoms with Crippen LogP contribution in [0, 0.1) is 6.92 Å². The number of esters is 1. The largest absolute Gasteiger partial charge is 0.496 e. The van der Waals surface area contributed by atoms with Gasteiger partial charge in [0.05, 0.1) is 24.8 Å². The fraction of sp³-hybridized carbons (Fsp3) is 0.250. The van der Waals surface area contributed by atoms with Gasteiger partial charge in [0.2, 0.25) is 0 Å². The predicted molar refractivity (Wildman–Crippen MR) is 116 cm³/mol. The van der Waals surface area contributed by atoms with E-state index < -0.39 is 5.91 Å². The minimum Gasteiger partial charge on any atom is -0.496 e. The third kappa shape index (κ3) is 5.77. The van der Waals surface area contributed by atoms with Gasteiger partial charge in [0.15, 0.2) is 5.11 Å². The van der Waals surface area contributed by atoms with Crippen molar-refractivity contribution in [3.05, 3.63) is 57.6 Å². The molecule has 0 radical (unpaired) electrons. The standard InChI is InChI=1S/C20H21BrN2O4S/c1-4-9-27-19(25)13-5-7-15(8-6-13)22-20(28)23-18(24)16-11-14(21)10-12(2)17(16)26-3/h5-8,10-11H,4,9H2,1-3H3,(H2,22,23,24,28). The Morgan fingerprint density at radius 1 is 1.18 bits per heavy atom. The van der Waals surface area contributed by atoms with Gasteiger partial charge in [0, 0.05) is 10.2 Å². The van der Waals surface area contributed by atoms with Crippen LogP contribution >= 0.6 is 28.1 Å². The van der Waals surface area contributed by atoms with Crippen LogP contribution in [0.1, 0.15) is 39.6 Å². The van der Waals surface area contributed by atoms with Gasteiger partial charge in [0.1, 0.15) is 5.75 Å². The third-order valence-electron chi connectivity index (χ3n) is 3.73. The molecular formula is C20H21BrN2O4S. The number of benzene rings is 2. The van der Waals surface area contributed by atoms with E-state index in [1.54, 1.807) is 30.3 Å². The van der Waals surface area contributed by atoms with Gasteiger partial charge in [-0.2, -0.15) is 0 Å². The van der Waals surface area contributed by atoms with Crippen LogP contribution in [-0.4, -0.2) is 30.7 Å². The average molecular weight is 465 g/mol. The maximum atomic E-state index is 12.6. The Morgan fingerprint density at radius 3 is 2.46 bits per heavy atom. The molecule has 0 fully saturated rings. The van der Waals surface area contributed by atoms with E-state index >= 15 is 0 Å². The first-order chi connectivity index (χ1) is 13.3. The Labute approximate surface area is 177 Å². The van der Waals surface area contributed by atoms with Gasteiger partial charge in [-0.1, -0.05) is 22.9 Å². The number of hydrogen-bond acceptors (Lipinski definition) is 5. The summed E-state index contributed by atoms with van der Waals surface area (Å²) < 4.78 is 11.2. The van der Waals surface area contributed by atoms with Crippen LogP contribution in [0.25, 0.3) is 0 Å². The van der Waals surface area contributed by atoms with Crippen molar-refractivity contribution in [2.45, 2.75) is 20.3 Å². The number of aryl methyl sites for hydroxylation is 1. The van der Waals surface area contributed by atoms with Crippen molar-refractivity contribution >= 4 is 50.8 Å². The van der Waals surface area contributed by atoms with Gasteiger partial charge in [-0.05, 0) is 67.5 Å². The van der Waals surface area contributed by atoms with Gasteiger partial charge in [-0.3, -0.25) is 10.1 Å². The highest BCUT2D eigenvalue weighted by Gasteiger charge is 2.17. The summed E-state index contributed by atoms with van der Waals surface area (Å²) in [6, 6.07) is 10.2. The lowest BCUT2D eigenvalue weighted by molar-refractivity contribution is 0.0505. The predicted octanol–water partition coefficient (Wildman–Crippen LogP) is 4.46. The summed E-state index contributed by atoms with van der Waals surface area (Å²) in [5, 5.41) is 5.67. The lowest BCUT2D eigenvalue weighted by Crippen LogP contribution is -2.34. The monoisotopic (exact) mass is 464 g/mol. The molecule has 148 valence electrons. The van der Waals surface area contributed by atoms with Crippen molar-refractivity contribution in [3.63, 3.8) is 0 Å². The van der Waals surface area contributed by atoms with Crippen LogP contribution in [0.15, 0.2) is 40.9 Å². The zero-order valence-corrected chi connectivity index (χ0v) is 18.2. The van der Waals surface area contributed by atoms with Crippen LogP contribution in [0.3, 0.4) is 0 Å². The lowest BCUT2D eigenvalue weighted by Gasteiger charge is -2.14. The zero-order chi connectivity index (χ0) is 20.7. The van der Waals surface area contributed by atoms with Crippen molar-refractivity contribution in [3.8, 4) is 5.75 Å². The van der Waals surface area contributed by atoms with Crippen LogP contribution in [0.5, 0.6) is 5.75 Å². The van der Waals surface area contributed by atoms with Crippen molar-refractivity contribution in [1.82, 2.24) is 5.32 Å². The highest BCUT2D eigenvalue weighted by molar-refractivity contribution is 9.10. The summed E-state index contributed by atoms with van der Waals surface area (Å²) in [6.07, 6.45) is 0.766. The number of carbonyl (C=O) groups is 2. The molecule has 0 atom stereocenters. The Balaban J connectivity index is 2.02. The SMILES string of the molecule is CCCOC(=O)c1ccc(NC(=S)NC(=O)c2cc(Br)cc(C)c2OC)cc1. The molecule has 2 aromatic carbocycles. The normalized spacial score (nSPS) is 10.1. The molecule has 0 heterocycles. The van der Waals surface area contributed by atoms with Crippen LogP contribution < -0.4 is 15.4 Å². The molecule has 0 spiro atoms. The van der Waals surface area contributed by atoms with Gasteiger partial charge >= 0.3 is 5.97 Å². The maximum Gasteiger partial charge on any atom is 0.338 e. The van der Waals surface area contributed by atoms with Crippen molar-refractivity contribution in [2.24, 2.45) is 0 Å². The topological polar surface area (TPSA) is 76.7 Å². The third-order valence-corrected chi connectivity index (χ3v) is 4.39. The molecule has 1 amide bonds. The van der Waals surface area contributed by atoms with Crippen LogP contribution in [0.4, 0.5) is 5.69 Å². The quantitative estimate of drug-likeness (QED) is 0.485. The van der Waals surface area contributed by atoms with E-state index in [4.69, 9.17) is 21.7 Å². The smallest absolute Gasteiger partial charge is 0.338 e. The molecule has 2 rings (SSSR count). The maximum absolute atomic E-state index is 12.6. The molecule has 2 aromatic rings. The Kier molecular flexibility index (Phi) is 7.95. The Bertz CT molecular complexity index is 885. The minimum absolute atomic E-state index is 0.131. The second-order valence-electron chi connectivity index (χ2n) is 5.93. The summed E-state index contributed by atoms with van der Waals surface area (Å²) >= 11 is 8.59. The molecule has 0 aliphatic carbocycles. The van der Waals surface area contributed by atoms with E-state index in [9.17, 15) is 9.59 Å². The van der Waals surface area contributed by atoms with E-state index in [1.165, 1.54) is 7.11 Å². The number of nitrogens with one attached hydrogen (secondary N) is 2. The van der Waals surface area contributed by atoms with Crippen LogP contribution in [-0.2, 0) is 4.74 Å². The highest BCUT2D eigenvalue weighted by atomic mass is 79.9. The molecule has 0 unspecified atom stereocenters. The van der Waals surface area contributed by atoms with Gasteiger partial charge in [-0.25, -0.2) is 4.79 Å². The zero-order valence-electron chi connectivity index (χ0n) is 15.8. The molecule has 0 aliphatic heterocycles. The molecule has 0 aromatic heterocycles. The van der Waals surface area contributed by atoms with E-state index in [0.717, 1.165) is 16.5 Å². The van der Waals surface area contributed by atoms with Gasteiger partial charge in [0.25, 0.3) is 5.91 Å². The number of ether oxygens (including phenoxy) is 2. The van der Waals surface area contributed by atoms with Crippen molar-refractivity contribution < 1.29 is 19.1 Å². The average Bonchev–Trinajstić information content (AvgIpc) is 2.66. The summed E-state index contributed by atoms with van der Waals surface area (Å²) in [7, 11) is 1.51. The summed E-state index contributed by atoms with van der Waals surface area (Å²) in [5.41, 5.74) is 2.28. The lowest BCUT2D eigenvalue weighted by atomic mass is 10.1. The number of rotatable bonds is 6. The van der Waals surface area contributed by atoms with E-state index in [2.05, 4.69) is 26.6 Å². The first-order valence-corrected chi connectivity index (χ1v) is 9.79. The van der Waals surface area contributed by atoms with Crippen LogP contribution in [0.2, 0.25) is 0 Å². The fourth-order valence-electron chi connectivity index (χ4n) is 2.47. The summed E-state index contributed by atoms with van der Waals surface area (Å²) in [4.78, 5) is 24.4. The van der Waals surface area contributed by atoms with Crippen molar-refractivity contribution in [2.75, 3.05) is 19.0 Å². The second kappa shape index (κ2) is 10.2. The number of amides is 1. The minimum atomic E-state index is -0.390. The Morgan fingerprint density at radius 2 is 1.86 bits per heavy atom. The second-order valence-corrected chi connectivity index (χ2v) is 7.25. The van der Waals surface area contributed by atoms with E-state index in [-0.39, 0.29) is 11.1 Å². The molecule has 6 nitrogen and oxygen atoms in total. The van der Waals surface area contributed by atoms with Gasteiger partial charge in [-0.15, -0.1) is 0 Å². The van der Waals surface area contributed by atoms with E-state index in [0.29, 0.717) is 29.2 Å². The van der Waals surface area contributed by atoms with Gasteiger partial charge < -0.3 is 14.8 Å². The molecule has 0 saturated carbocycles. The molecule has 28 heavy (non-hydrogen) atoms. The number of methoxy groups -OCH3 is 1. The molecule has 2 N–H and O–H groups in total. The molecule has 0 saturated heterocycles. The highest BCUT2D eigenvalue weighted by Crippen LogP contribution is 2.27. The number of halogens is 1. The number of anilines is 1. The summed E-state index contributed by atoms with van der Waals surface area (Å²) in [5.74, 6) is -0.279. The molecule has 0 bridgehead atoms. The molecule has 8 heteroatoms. The fourth-order valence-corrected chi connectivity index (χ4v) is 3.25. The van der Waals surface area contributed by atoms with E-state index in [1.807, 2.05) is 19.9 Å². The number of thiocarbonyl (C=S) groups is 1. The first kappa shape index (κ1) is 21.8. The number of hydrogen-bond donors (Lipinski definition) is 2. The first-order valence-electron chi connectivity index (χ1n) is 8.59. The molecular weight excluding hydrogens is 444 g/mol. The Hall–Kier alpha value is -2.45.